The van der Waals surface area contributed by atoms with Gasteiger partial charge in [0.2, 0.25) is 0 Å². The van der Waals surface area contributed by atoms with E-state index in [1.165, 1.54) is 5.69 Å². The summed E-state index contributed by atoms with van der Waals surface area (Å²) in [5, 5.41) is 0. The lowest BCUT2D eigenvalue weighted by molar-refractivity contribution is 0.122. The van der Waals surface area contributed by atoms with Gasteiger partial charge in [-0.2, -0.15) is 0 Å². The van der Waals surface area contributed by atoms with Gasteiger partial charge in [0, 0.05) is 35.0 Å². The molecule has 1 aliphatic rings. The summed E-state index contributed by atoms with van der Waals surface area (Å²) < 4.78 is 17.3. The van der Waals surface area contributed by atoms with Crippen LogP contribution in [0, 0.1) is 0 Å². The van der Waals surface area contributed by atoms with E-state index in [4.69, 9.17) is 14.2 Å². The van der Waals surface area contributed by atoms with Crippen LogP contribution in [0.3, 0.4) is 0 Å². The Morgan fingerprint density at radius 3 is 2.54 bits per heavy atom. The Kier molecular flexibility index (Phi) is 6.52. The fourth-order valence-electron chi connectivity index (χ4n) is 2.79. The monoisotopic (exact) mass is 418 g/mol. The molecule has 5 nitrogen and oxygen atoms in total. The Morgan fingerprint density at radius 1 is 1.15 bits per heavy atom. The van der Waals surface area contributed by atoms with Crippen LogP contribution in [0.5, 0.6) is 11.5 Å². The highest BCUT2D eigenvalue weighted by Gasteiger charge is 2.11. The van der Waals surface area contributed by atoms with Gasteiger partial charge in [0.15, 0.2) is 11.5 Å². The fraction of sp³-hybridized carbons (Fsp3) is 0.350. The van der Waals surface area contributed by atoms with E-state index in [0.717, 1.165) is 42.0 Å². The Balaban J connectivity index is 1.75. The Labute approximate surface area is 162 Å². The van der Waals surface area contributed by atoms with Gasteiger partial charge in [-0.25, -0.2) is 0 Å². The predicted molar refractivity (Wildman–Crippen MR) is 109 cm³/mol. The van der Waals surface area contributed by atoms with Crippen LogP contribution in [0.1, 0.15) is 12.5 Å². The minimum Gasteiger partial charge on any atom is -0.493 e. The number of halogens is 1. The number of aliphatic imine (C=N–C) groups is 1. The molecule has 0 unspecified atom stereocenters. The summed E-state index contributed by atoms with van der Waals surface area (Å²) in [5.41, 5.74) is 3.05. The molecule has 0 N–H and O–H groups in total. The molecule has 2 aromatic carbocycles. The first-order valence-electron chi connectivity index (χ1n) is 8.68. The zero-order valence-corrected chi connectivity index (χ0v) is 16.7. The third kappa shape index (κ3) is 4.56. The first-order chi connectivity index (χ1) is 12.7. The Hall–Kier alpha value is -2.05. The van der Waals surface area contributed by atoms with Gasteiger partial charge in [-0.05, 0) is 59.3 Å². The zero-order valence-electron chi connectivity index (χ0n) is 15.1. The molecule has 1 fully saturated rings. The van der Waals surface area contributed by atoms with Gasteiger partial charge in [0.05, 0.1) is 32.6 Å². The lowest BCUT2D eigenvalue weighted by Gasteiger charge is -2.28. The molecule has 1 heterocycles. The largest absolute Gasteiger partial charge is 0.493 e. The van der Waals surface area contributed by atoms with E-state index in [1.54, 1.807) is 7.11 Å². The smallest absolute Gasteiger partial charge is 0.161 e. The van der Waals surface area contributed by atoms with Crippen LogP contribution in [-0.2, 0) is 4.74 Å². The lowest BCUT2D eigenvalue weighted by atomic mass is 10.2. The SMILES string of the molecule is CCOc1cc(C=Nc2ccc(N3CCOCC3)cc2)c(Br)cc1OC. The molecule has 0 saturated carbocycles. The van der Waals surface area contributed by atoms with Crippen molar-refractivity contribution >= 4 is 33.5 Å². The number of benzene rings is 2. The molecule has 0 amide bonds. The molecule has 0 atom stereocenters. The first kappa shape index (κ1) is 18.7. The molecule has 2 aromatic rings. The van der Waals surface area contributed by atoms with E-state index in [1.807, 2.05) is 37.4 Å². The Bertz CT molecular complexity index is 756. The van der Waals surface area contributed by atoms with Crippen LogP contribution in [0.15, 0.2) is 45.9 Å². The average molecular weight is 419 g/mol. The molecule has 3 rings (SSSR count). The van der Waals surface area contributed by atoms with Gasteiger partial charge in [-0.15, -0.1) is 0 Å². The molecule has 6 heteroatoms. The van der Waals surface area contributed by atoms with Crippen LogP contribution in [0.2, 0.25) is 0 Å². The van der Waals surface area contributed by atoms with Crippen molar-refractivity contribution in [3.05, 3.63) is 46.4 Å². The summed E-state index contributed by atoms with van der Waals surface area (Å²) in [7, 11) is 1.63. The second kappa shape index (κ2) is 9.05. The second-order valence-electron chi connectivity index (χ2n) is 5.83. The van der Waals surface area contributed by atoms with Crippen molar-refractivity contribution in [1.82, 2.24) is 0 Å². The van der Waals surface area contributed by atoms with Crippen molar-refractivity contribution in [3.8, 4) is 11.5 Å². The third-order valence-electron chi connectivity index (χ3n) is 4.16. The van der Waals surface area contributed by atoms with Crippen molar-refractivity contribution in [3.63, 3.8) is 0 Å². The number of nitrogens with zero attached hydrogens (tertiary/aromatic N) is 2. The summed E-state index contributed by atoms with van der Waals surface area (Å²) in [4.78, 5) is 6.91. The van der Waals surface area contributed by atoms with Gasteiger partial charge in [-0.1, -0.05) is 0 Å². The summed E-state index contributed by atoms with van der Waals surface area (Å²) in [5.74, 6) is 1.41. The molecule has 1 saturated heterocycles. The van der Waals surface area contributed by atoms with Crippen molar-refractivity contribution in [2.45, 2.75) is 6.92 Å². The quantitative estimate of drug-likeness (QED) is 0.650. The van der Waals surface area contributed by atoms with Crippen molar-refractivity contribution in [1.29, 1.82) is 0 Å². The number of methoxy groups -OCH3 is 1. The van der Waals surface area contributed by atoms with Crippen LogP contribution >= 0.6 is 15.9 Å². The normalized spacial score (nSPS) is 14.7. The van der Waals surface area contributed by atoms with Crippen LogP contribution in [0.25, 0.3) is 0 Å². The van der Waals surface area contributed by atoms with Gasteiger partial charge >= 0.3 is 0 Å². The second-order valence-corrected chi connectivity index (χ2v) is 6.69. The highest BCUT2D eigenvalue weighted by Crippen LogP contribution is 2.33. The Morgan fingerprint density at radius 2 is 1.88 bits per heavy atom. The summed E-state index contributed by atoms with van der Waals surface area (Å²) in [6.45, 7) is 5.97. The highest BCUT2D eigenvalue weighted by atomic mass is 79.9. The third-order valence-corrected chi connectivity index (χ3v) is 4.85. The molecule has 0 bridgehead atoms. The molecule has 138 valence electrons. The highest BCUT2D eigenvalue weighted by molar-refractivity contribution is 9.10. The van der Waals surface area contributed by atoms with E-state index >= 15 is 0 Å². The summed E-state index contributed by atoms with van der Waals surface area (Å²) >= 11 is 3.57. The van der Waals surface area contributed by atoms with Gasteiger partial charge in [0.25, 0.3) is 0 Å². The maximum Gasteiger partial charge on any atom is 0.161 e. The molecule has 0 aliphatic carbocycles. The zero-order chi connectivity index (χ0) is 18.4. The summed E-state index contributed by atoms with van der Waals surface area (Å²) in [6.07, 6.45) is 1.83. The molecular formula is C20H23BrN2O3. The number of rotatable bonds is 6. The predicted octanol–water partition coefficient (Wildman–Crippen LogP) is 4.44. The molecule has 1 aliphatic heterocycles. The van der Waals surface area contributed by atoms with Crippen LogP contribution in [-0.4, -0.2) is 46.2 Å². The maximum atomic E-state index is 5.64. The first-order valence-corrected chi connectivity index (χ1v) is 9.47. The number of morpholine rings is 1. The minimum atomic E-state index is 0.581. The number of hydrogen-bond donors (Lipinski definition) is 0. The van der Waals surface area contributed by atoms with E-state index in [0.29, 0.717) is 18.1 Å². The summed E-state index contributed by atoms with van der Waals surface area (Å²) in [6, 6.07) is 12.1. The van der Waals surface area contributed by atoms with Crippen molar-refractivity contribution < 1.29 is 14.2 Å². The topological polar surface area (TPSA) is 43.3 Å². The van der Waals surface area contributed by atoms with Crippen molar-refractivity contribution in [2.24, 2.45) is 4.99 Å². The molecule has 26 heavy (non-hydrogen) atoms. The van der Waals surface area contributed by atoms with E-state index < -0.39 is 0 Å². The molecule has 0 spiro atoms. The number of anilines is 1. The van der Waals surface area contributed by atoms with Gasteiger partial charge < -0.3 is 19.1 Å². The minimum absolute atomic E-state index is 0.581. The van der Waals surface area contributed by atoms with Gasteiger partial charge in [-0.3, -0.25) is 4.99 Å². The average Bonchev–Trinajstić information content (AvgIpc) is 2.69. The number of ether oxygens (including phenoxy) is 3. The van der Waals surface area contributed by atoms with E-state index in [2.05, 4.69) is 38.0 Å². The fourth-order valence-corrected chi connectivity index (χ4v) is 3.22. The van der Waals surface area contributed by atoms with Crippen LogP contribution < -0.4 is 14.4 Å². The molecule has 0 aromatic heterocycles. The van der Waals surface area contributed by atoms with E-state index in [9.17, 15) is 0 Å². The van der Waals surface area contributed by atoms with E-state index in [-0.39, 0.29) is 0 Å². The molecular weight excluding hydrogens is 396 g/mol. The maximum absolute atomic E-state index is 5.64. The lowest BCUT2D eigenvalue weighted by Crippen LogP contribution is -2.36. The standard InChI is InChI=1S/C20H23BrN2O3/c1-3-26-20-12-15(18(21)13-19(20)24-2)14-22-16-4-6-17(7-5-16)23-8-10-25-11-9-23/h4-7,12-14H,3,8-11H2,1-2H3. The molecule has 0 radical (unpaired) electrons. The van der Waals surface area contributed by atoms with Gasteiger partial charge in [0.1, 0.15) is 0 Å². The van der Waals surface area contributed by atoms with Crippen LogP contribution in [0.4, 0.5) is 11.4 Å². The number of hydrogen-bond acceptors (Lipinski definition) is 5. The van der Waals surface area contributed by atoms with Crippen molar-refractivity contribution in [2.75, 3.05) is 44.9 Å².